The van der Waals surface area contributed by atoms with Gasteiger partial charge in [0.25, 0.3) is 5.91 Å². The second-order valence-electron chi connectivity index (χ2n) is 7.25. The number of nitrogens with one attached hydrogen (secondary N) is 2. The highest BCUT2D eigenvalue weighted by atomic mass is 16.5. The summed E-state index contributed by atoms with van der Waals surface area (Å²) >= 11 is 0. The summed E-state index contributed by atoms with van der Waals surface area (Å²) in [5.74, 6) is -1.23. The standard InChI is InChI=1S/C23H25N5O4/c1-5-32-23(31)17-10-7-11-18(12-17)24-19(29)13-28-16(4)21(26-27-28)22(30)25-20-14(2)8-6-9-15(20)3/h6-12H,5,13H2,1-4H3,(H,24,29)(H,25,30). The molecule has 0 saturated carbocycles. The van der Waals surface area contributed by atoms with Gasteiger partial charge in [-0.1, -0.05) is 29.5 Å². The van der Waals surface area contributed by atoms with Gasteiger partial charge in [0.05, 0.1) is 17.9 Å². The first-order chi connectivity index (χ1) is 15.3. The number of aryl methyl sites for hydroxylation is 2. The van der Waals surface area contributed by atoms with Gasteiger partial charge in [-0.05, 0) is 57.0 Å². The van der Waals surface area contributed by atoms with Crippen LogP contribution in [0.15, 0.2) is 42.5 Å². The smallest absolute Gasteiger partial charge is 0.338 e. The number of aromatic nitrogens is 3. The average Bonchev–Trinajstić information content (AvgIpc) is 3.11. The highest BCUT2D eigenvalue weighted by molar-refractivity contribution is 6.04. The molecule has 3 rings (SSSR count). The van der Waals surface area contributed by atoms with E-state index in [-0.39, 0.29) is 24.8 Å². The van der Waals surface area contributed by atoms with E-state index in [2.05, 4.69) is 20.9 Å². The number of carbonyl (C=O) groups is 3. The summed E-state index contributed by atoms with van der Waals surface area (Å²) in [7, 11) is 0. The van der Waals surface area contributed by atoms with Crippen LogP contribution in [0, 0.1) is 20.8 Å². The minimum atomic E-state index is -0.463. The van der Waals surface area contributed by atoms with Gasteiger partial charge in [0.2, 0.25) is 5.91 Å². The van der Waals surface area contributed by atoms with Gasteiger partial charge in [-0.3, -0.25) is 9.59 Å². The SMILES string of the molecule is CCOC(=O)c1cccc(NC(=O)Cn2nnc(C(=O)Nc3c(C)cccc3C)c2C)c1. The first-order valence-corrected chi connectivity index (χ1v) is 10.1. The maximum atomic E-state index is 12.7. The molecule has 0 saturated heterocycles. The van der Waals surface area contributed by atoms with Crippen molar-refractivity contribution in [2.75, 3.05) is 17.2 Å². The van der Waals surface area contributed by atoms with Gasteiger partial charge in [-0.15, -0.1) is 5.10 Å². The molecule has 0 aliphatic heterocycles. The fourth-order valence-corrected chi connectivity index (χ4v) is 3.18. The number of amides is 2. The molecule has 0 aliphatic carbocycles. The third-order valence-corrected chi connectivity index (χ3v) is 4.87. The molecule has 1 aromatic heterocycles. The Morgan fingerprint density at radius 2 is 1.69 bits per heavy atom. The fourth-order valence-electron chi connectivity index (χ4n) is 3.18. The molecule has 0 spiro atoms. The monoisotopic (exact) mass is 435 g/mol. The molecule has 0 fully saturated rings. The number of carbonyl (C=O) groups excluding carboxylic acids is 3. The number of para-hydroxylation sites is 1. The van der Waals surface area contributed by atoms with Gasteiger partial charge in [-0.2, -0.15) is 0 Å². The molecule has 9 nitrogen and oxygen atoms in total. The maximum absolute atomic E-state index is 12.7. The van der Waals surface area contributed by atoms with Crippen LogP contribution in [0.5, 0.6) is 0 Å². The molecule has 0 radical (unpaired) electrons. The molecule has 2 N–H and O–H groups in total. The first-order valence-electron chi connectivity index (χ1n) is 10.1. The van der Waals surface area contributed by atoms with E-state index < -0.39 is 11.9 Å². The second-order valence-corrected chi connectivity index (χ2v) is 7.25. The van der Waals surface area contributed by atoms with Crippen LogP contribution in [0.2, 0.25) is 0 Å². The van der Waals surface area contributed by atoms with Crippen molar-refractivity contribution in [2.24, 2.45) is 0 Å². The lowest BCUT2D eigenvalue weighted by molar-refractivity contribution is -0.117. The van der Waals surface area contributed by atoms with Crippen molar-refractivity contribution in [2.45, 2.75) is 34.2 Å². The Balaban J connectivity index is 1.68. The van der Waals surface area contributed by atoms with Gasteiger partial charge in [0.15, 0.2) is 5.69 Å². The van der Waals surface area contributed by atoms with Crippen LogP contribution in [-0.4, -0.2) is 39.4 Å². The van der Waals surface area contributed by atoms with Crippen LogP contribution in [0.4, 0.5) is 11.4 Å². The molecule has 0 aliphatic rings. The molecule has 0 bridgehead atoms. The molecular formula is C23H25N5O4. The van der Waals surface area contributed by atoms with Crippen LogP contribution in [0.25, 0.3) is 0 Å². The number of hydrogen-bond acceptors (Lipinski definition) is 6. The quantitative estimate of drug-likeness (QED) is 0.551. The Morgan fingerprint density at radius 3 is 2.38 bits per heavy atom. The molecule has 166 valence electrons. The van der Waals surface area contributed by atoms with Crippen molar-refractivity contribution >= 4 is 29.2 Å². The van der Waals surface area contributed by atoms with Crippen molar-refractivity contribution in [3.63, 3.8) is 0 Å². The molecule has 2 aromatic carbocycles. The largest absolute Gasteiger partial charge is 0.462 e. The van der Waals surface area contributed by atoms with Crippen molar-refractivity contribution < 1.29 is 19.1 Å². The number of nitrogens with zero attached hydrogens (tertiary/aromatic N) is 3. The first kappa shape index (κ1) is 22.7. The minimum absolute atomic E-state index is 0.140. The maximum Gasteiger partial charge on any atom is 0.338 e. The van der Waals surface area contributed by atoms with Crippen molar-refractivity contribution in [3.8, 4) is 0 Å². The molecule has 2 amide bonds. The summed E-state index contributed by atoms with van der Waals surface area (Å²) in [6.45, 7) is 7.34. The minimum Gasteiger partial charge on any atom is -0.462 e. The molecule has 32 heavy (non-hydrogen) atoms. The van der Waals surface area contributed by atoms with Crippen LogP contribution < -0.4 is 10.6 Å². The molecule has 9 heteroatoms. The van der Waals surface area contributed by atoms with Crippen molar-refractivity contribution in [3.05, 3.63) is 70.5 Å². The Kier molecular flexibility index (Phi) is 6.99. The van der Waals surface area contributed by atoms with E-state index in [1.54, 1.807) is 32.0 Å². The highest BCUT2D eigenvalue weighted by Crippen LogP contribution is 2.20. The summed E-state index contributed by atoms with van der Waals surface area (Å²) < 4.78 is 6.32. The zero-order valence-electron chi connectivity index (χ0n) is 18.4. The summed E-state index contributed by atoms with van der Waals surface area (Å²) in [5.41, 5.74) is 4.00. The summed E-state index contributed by atoms with van der Waals surface area (Å²) in [4.78, 5) is 37.1. The number of rotatable bonds is 7. The topological polar surface area (TPSA) is 115 Å². The van der Waals surface area contributed by atoms with Gasteiger partial charge in [0, 0.05) is 11.4 Å². The van der Waals surface area contributed by atoms with E-state index in [0.717, 1.165) is 16.8 Å². The summed E-state index contributed by atoms with van der Waals surface area (Å²) in [5, 5.41) is 13.5. The predicted molar refractivity (Wildman–Crippen MR) is 120 cm³/mol. The lowest BCUT2D eigenvalue weighted by atomic mass is 10.1. The predicted octanol–water partition coefficient (Wildman–Crippen LogP) is 3.27. The van der Waals surface area contributed by atoms with E-state index in [0.29, 0.717) is 16.9 Å². The molecule has 0 unspecified atom stereocenters. The third kappa shape index (κ3) is 5.18. The zero-order valence-corrected chi connectivity index (χ0v) is 18.4. The van der Waals surface area contributed by atoms with Gasteiger partial charge < -0.3 is 15.4 Å². The number of esters is 1. The Morgan fingerprint density at radius 1 is 1.00 bits per heavy atom. The number of hydrogen-bond donors (Lipinski definition) is 2. The molecule has 1 heterocycles. The van der Waals surface area contributed by atoms with Crippen molar-refractivity contribution in [1.29, 1.82) is 0 Å². The van der Waals surface area contributed by atoms with Gasteiger partial charge in [0.1, 0.15) is 6.54 Å². The lowest BCUT2D eigenvalue weighted by Gasteiger charge is -2.11. The van der Waals surface area contributed by atoms with Crippen LogP contribution in [0.3, 0.4) is 0 Å². The Labute approximate surface area is 185 Å². The molecule has 3 aromatic rings. The van der Waals surface area contributed by atoms with Crippen molar-refractivity contribution in [1.82, 2.24) is 15.0 Å². The third-order valence-electron chi connectivity index (χ3n) is 4.87. The summed E-state index contributed by atoms with van der Waals surface area (Å²) in [6.07, 6.45) is 0. The Hall–Kier alpha value is -4.01. The van der Waals surface area contributed by atoms with E-state index in [9.17, 15) is 14.4 Å². The normalized spacial score (nSPS) is 10.5. The van der Waals surface area contributed by atoms with Gasteiger partial charge >= 0.3 is 5.97 Å². The second kappa shape index (κ2) is 9.86. The van der Waals surface area contributed by atoms with E-state index in [4.69, 9.17) is 4.74 Å². The van der Waals surface area contributed by atoms with Crippen LogP contribution >= 0.6 is 0 Å². The number of anilines is 2. The zero-order chi connectivity index (χ0) is 23.3. The van der Waals surface area contributed by atoms with Crippen LogP contribution in [-0.2, 0) is 16.1 Å². The van der Waals surface area contributed by atoms with Crippen LogP contribution in [0.1, 0.15) is 44.6 Å². The van der Waals surface area contributed by atoms with E-state index in [1.165, 1.54) is 10.7 Å². The van der Waals surface area contributed by atoms with E-state index in [1.807, 2.05) is 32.0 Å². The Bertz CT molecular complexity index is 1150. The van der Waals surface area contributed by atoms with Gasteiger partial charge in [-0.25, -0.2) is 9.48 Å². The number of benzene rings is 2. The number of ether oxygens (including phenoxy) is 1. The molecule has 0 atom stereocenters. The van der Waals surface area contributed by atoms with E-state index >= 15 is 0 Å². The molecular weight excluding hydrogens is 410 g/mol. The lowest BCUT2D eigenvalue weighted by Crippen LogP contribution is -2.21. The fraction of sp³-hybridized carbons (Fsp3) is 0.261. The average molecular weight is 435 g/mol. The highest BCUT2D eigenvalue weighted by Gasteiger charge is 2.19. The summed E-state index contributed by atoms with van der Waals surface area (Å²) in [6, 6.07) is 12.2.